The molecule has 3 rings (SSSR count). The summed E-state index contributed by atoms with van der Waals surface area (Å²) in [5, 5.41) is 8.17. The number of hydrogen-bond donors (Lipinski definition) is 4. The molecule has 1 unspecified atom stereocenters. The van der Waals surface area contributed by atoms with Crippen LogP contribution >= 0.6 is 0 Å². The number of nitrogens with two attached hydrogens (primary N) is 1. The van der Waals surface area contributed by atoms with Gasteiger partial charge in [0.2, 0.25) is 17.8 Å². The van der Waals surface area contributed by atoms with E-state index in [0.29, 0.717) is 11.4 Å². The van der Waals surface area contributed by atoms with Crippen molar-refractivity contribution in [3.63, 3.8) is 0 Å². The van der Waals surface area contributed by atoms with E-state index < -0.39 is 11.9 Å². The van der Waals surface area contributed by atoms with Gasteiger partial charge in [-0.2, -0.15) is 4.99 Å². The van der Waals surface area contributed by atoms with E-state index in [9.17, 15) is 9.59 Å². The van der Waals surface area contributed by atoms with Gasteiger partial charge in [0.05, 0.1) is 13.5 Å². The van der Waals surface area contributed by atoms with Crippen LogP contribution in [0, 0.1) is 6.92 Å². The predicted molar refractivity (Wildman–Crippen MR) is 112 cm³/mol. The summed E-state index contributed by atoms with van der Waals surface area (Å²) in [6, 6.07) is 13.6. The van der Waals surface area contributed by atoms with E-state index in [1.54, 1.807) is 31.4 Å². The number of nitrogens with one attached hydrogen (secondary N) is 3. The van der Waals surface area contributed by atoms with Crippen LogP contribution in [0.3, 0.4) is 0 Å². The molecule has 0 bridgehead atoms. The first-order valence-corrected chi connectivity index (χ1v) is 8.93. The Morgan fingerprint density at radius 1 is 1.21 bits per heavy atom. The molecule has 0 saturated carbocycles. The van der Waals surface area contributed by atoms with Gasteiger partial charge in [-0.3, -0.25) is 14.9 Å². The lowest BCUT2D eigenvalue weighted by atomic mass is 10.2. The number of ether oxygens (including phenoxy) is 1. The van der Waals surface area contributed by atoms with E-state index >= 15 is 0 Å². The summed E-state index contributed by atoms with van der Waals surface area (Å²) in [5.41, 5.74) is 8.31. The van der Waals surface area contributed by atoms with Crippen molar-refractivity contribution in [3.05, 3.63) is 54.1 Å². The number of benzene rings is 2. The molecular weight excluding hydrogens is 372 g/mol. The van der Waals surface area contributed by atoms with Crippen LogP contribution in [-0.4, -0.2) is 36.9 Å². The molecule has 0 aromatic heterocycles. The number of aryl methyl sites for hydroxylation is 1. The summed E-state index contributed by atoms with van der Waals surface area (Å²) in [4.78, 5) is 32.5. The normalized spacial score (nSPS) is 16.1. The minimum Gasteiger partial charge on any atom is -0.497 e. The van der Waals surface area contributed by atoms with Gasteiger partial charge in [0.15, 0.2) is 0 Å². The van der Waals surface area contributed by atoms with E-state index in [2.05, 4.69) is 25.9 Å². The Balaban J connectivity index is 1.59. The van der Waals surface area contributed by atoms with Crippen LogP contribution in [0.5, 0.6) is 5.75 Å². The standard InChI is InChI=1S/C20H22N6O3/c1-12-4-3-5-14(10-12)23-19(21)26-20-24-16(18(28)25-20)11-17(27)22-13-6-8-15(29-2)9-7-13/h3-10,16H,11H2,1-2H3,(H,22,27)(H4,21,23,24,25,26,28). The lowest BCUT2D eigenvalue weighted by molar-refractivity contribution is -0.123. The van der Waals surface area contributed by atoms with Gasteiger partial charge in [0, 0.05) is 11.4 Å². The second kappa shape index (κ2) is 8.87. The number of nitrogens with zero attached hydrogens (tertiary/aromatic N) is 2. The molecule has 150 valence electrons. The molecule has 0 radical (unpaired) electrons. The maximum atomic E-state index is 12.2. The third kappa shape index (κ3) is 5.55. The second-order valence-corrected chi connectivity index (χ2v) is 6.43. The van der Waals surface area contributed by atoms with Crippen LogP contribution in [0.25, 0.3) is 0 Å². The van der Waals surface area contributed by atoms with Crippen LogP contribution in [0.2, 0.25) is 0 Å². The molecule has 9 heteroatoms. The van der Waals surface area contributed by atoms with Gasteiger partial charge >= 0.3 is 0 Å². The number of aliphatic imine (C=N–C) groups is 2. The Hall–Kier alpha value is -3.88. The number of guanidine groups is 2. The van der Waals surface area contributed by atoms with Crippen molar-refractivity contribution in [1.29, 1.82) is 0 Å². The van der Waals surface area contributed by atoms with Gasteiger partial charge < -0.3 is 21.1 Å². The number of anilines is 2. The predicted octanol–water partition coefficient (Wildman–Crippen LogP) is 1.61. The molecule has 0 fully saturated rings. The quantitative estimate of drug-likeness (QED) is 0.452. The Morgan fingerprint density at radius 2 is 1.97 bits per heavy atom. The maximum absolute atomic E-state index is 12.2. The fourth-order valence-corrected chi connectivity index (χ4v) is 2.70. The lowest BCUT2D eigenvalue weighted by Crippen LogP contribution is -2.32. The molecule has 0 saturated heterocycles. The summed E-state index contributed by atoms with van der Waals surface area (Å²) in [5.74, 6) is 0.0853. The zero-order chi connectivity index (χ0) is 20.8. The Kier molecular flexibility index (Phi) is 6.08. The van der Waals surface area contributed by atoms with E-state index in [1.165, 1.54) is 0 Å². The molecule has 2 amide bonds. The van der Waals surface area contributed by atoms with Crippen molar-refractivity contribution in [2.75, 3.05) is 17.7 Å². The zero-order valence-corrected chi connectivity index (χ0v) is 16.1. The third-order valence-corrected chi connectivity index (χ3v) is 4.09. The highest BCUT2D eigenvalue weighted by atomic mass is 16.5. The number of amides is 2. The number of methoxy groups -OCH3 is 1. The molecular formula is C20H22N6O3. The number of carbonyl (C=O) groups is 2. The topological polar surface area (TPSA) is 130 Å². The average molecular weight is 394 g/mol. The van der Waals surface area contributed by atoms with Gasteiger partial charge in [-0.15, -0.1) is 0 Å². The first-order chi connectivity index (χ1) is 13.9. The summed E-state index contributed by atoms with van der Waals surface area (Å²) in [6.07, 6.45) is -0.109. The molecule has 0 spiro atoms. The molecule has 1 heterocycles. The van der Waals surface area contributed by atoms with Crippen LogP contribution < -0.4 is 26.4 Å². The first-order valence-electron chi connectivity index (χ1n) is 8.93. The second-order valence-electron chi connectivity index (χ2n) is 6.43. The molecule has 2 aromatic rings. The highest BCUT2D eigenvalue weighted by Gasteiger charge is 2.28. The fourth-order valence-electron chi connectivity index (χ4n) is 2.70. The Labute approximate surface area is 168 Å². The van der Waals surface area contributed by atoms with E-state index in [0.717, 1.165) is 11.3 Å². The van der Waals surface area contributed by atoms with Crippen LogP contribution in [0.4, 0.5) is 11.4 Å². The fraction of sp³-hybridized carbons (Fsp3) is 0.200. The van der Waals surface area contributed by atoms with Crippen LogP contribution in [0.1, 0.15) is 12.0 Å². The number of carbonyl (C=O) groups excluding carboxylic acids is 2. The minimum absolute atomic E-state index is 0.0647. The van der Waals surface area contributed by atoms with Gasteiger partial charge in [-0.25, -0.2) is 4.99 Å². The minimum atomic E-state index is -0.862. The molecule has 0 aliphatic carbocycles. The van der Waals surface area contributed by atoms with Crippen molar-refractivity contribution in [2.45, 2.75) is 19.4 Å². The van der Waals surface area contributed by atoms with Gasteiger partial charge in [0.25, 0.3) is 5.91 Å². The summed E-state index contributed by atoms with van der Waals surface area (Å²) in [7, 11) is 1.56. The Morgan fingerprint density at radius 3 is 2.66 bits per heavy atom. The maximum Gasteiger partial charge on any atom is 0.252 e. The molecule has 1 aliphatic heterocycles. The van der Waals surface area contributed by atoms with E-state index in [1.807, 2.05) is 31.2 Å². The van der Waals surface area contributed by atoms with Crippen molar-refractivity contribution in [3.8, 4) is 5.75 Å². The van der Waals surface area contributed by atoms with Crippen LogP contribution in [-0.2, 0) is 9.59 Å². The lowest BCUT2D eigenvalue weighted by Gasteiger charge is -2.07. The highest BCUT2D eigenvalue weighted by molar-refractivity contribution is 6.11. The third-order valence-electron chi connectivity index (χ3n) is 4.09. The van der Waals surface area contributed by atoms with Crippen LogP contribution in [0.15, 0.2) is 58.5 Å². The van der Waals surface area contributed by atoms with Crippen molar-refractivity contribution in [1.82, 2.24) is 5.32 Å². The SMILES string of the molecule is COc1ccc(NC(=O)CC2N=C(/N=C(\N)Nc3cccc(C)c3)NC2=O)cc1. The number of hydrogen-bond acceptors (Lipinski definition) is 5. The highest BCUT2D eigenvalue weighted by Crippen LogP contribution is 2.16. The molecule has 1 atom stereocenters. The first kappa shape index (κ1) is 19.9. The van der Waals surface area contributed by atoms with Gasteiger partial charge in [-0.1, -0.05) is 12.1 Å². The van der Waals surface area contributed by atoms with Gasteiger partial charge in [0.1, 0.15) is 11.8 Å². The monoisotopic (exact) mass is 394 g/mol. The van der Waals surface area contributed by atoms with Crippen molar-refractivity contribution < 1.29 is 14.3 Å². The smallest absolute Gasteiger partial charge is 0.252 e. The summed E-state index contributed by atoms with van der Waals surface area (Å²) in [6.45, 7) is 1.96. The van der Waals surface area contributed by atoms with E-state index in [4.69, 9.17) is 10.5 Å². The van der Waals surface area contributed by atoms with E-state index in [-0.39, 0.29) is 24.2 Å². The molecule has 5 N–H and O–H groups in total. The number of rotatable bonds is 5. The largest absolute Gasteiger partial charge is 0.497 e. The molecule has 2 aromatic carbocycles. The molecule has 29 heavy (non-hydrogen) atoms. The van der Waals surface area contributed by atoms with Crippen molar-refractivity contribution >= 4 is 35.1 Å². The summed E-state index contributed by atoms with van der Waals surface area (Å²) < 4.78 is 5.07. The zero-order valence-electron chi connectivity index (χ0n) is 16.1. The Bertz CT molecular complexity index is 968. The van der Waals surface area contributed by atoms with Crippen molar-refractivity contribution in [2.24, 2.45) is 15.7 Å². The summed E-state index contributed by atoms with van der Waals surface area (Å²) >= 11 is 0. The molecule has 1 aliphatic rings. The average Bonchev–Trinajstić information content (AvgIpc) is 3.00. The van der Waals surface area contributed by atoms with Gasteiger partial charge in [-0.05, 0) is 48.9 Å². The molecule has 9 nitrogen and oxygen atoms in total.